The number of rotatable bonds is 6. The minimum Gasteiger partial charge on any atom is -0.383 e. The molecule has 0 fully saturated rings. The number of nitrogens with zero attached hydrogens (tertiary/aromatic N) is 1. The lowest BCUT2D eigenvalue weighted by Crippen LogP contribution is -2.38. The molecule has 1 heterocycles. The summed E-state index contributed by atoms with van der Waals surface area (Å²) in [6, 6.07) is 0.0402. The summed E-state index contributed by atoms with van der Waals surface area (Å²) < 4.78 is 5.06. The minimum absolute atomic E-state index is 0.0402. The van der Waals surface area contributed by atoms with Crippen LogP contribution in [0.4, 0.5) is 0 Å². The molecule has 1 N–H and O–H groups in total. The number of aromatic nitrogens is 1. The van der Waals surface area contributed by atoms with Gasteiger partial charge in [-0.1, -0.05) is 15.9 Å². The third kappa shape index (κ3) is 3.84. The zero-order valence-electron chi connectivity index (χ0n) is 9.33. The lowest BCUT2D eigenvalue weighted by Gasteiger charge is -2.16. The highest BCUT2D eigenvalue weighted by molar-refractivity contribution is 9.09. The number of thiazole rings is 1. The summed E-state index contributed by atoms with van der Waals surface area (Å²) in [6.45, 7) is 2.36. The van der Waals surface area contributed by atoms with Crippen LogP contribution in [-0.2, 0) is 4.74 Å². The molecule has 0 bridgehead atoms. The molecule has 6 heteroatoms. The van der Waals surface area contributed by atoms with Crippen molar-refractivity contribution in [3.63, 3.8) is 0 Å². The van der Waals surface area contributed by atoms with Gasteiger partial charge in [-0.15, -0.1) is 11.3 Å². The summed E-state index contributed by atoms with van der Waals surface area (Å²) in [6.07, 6.45) is 0.845. The summed E-state index contributed by atoms with van der Waals surface area (Å²) in [5, 5.41) is 3.77. The maximum absolute atomic E-state index is 11.9. The fourth-order valence-corrected chi connectivity index (χ4v) is 2.56. The Balaban J connectivity index is 2.58. The fraction of sp³-hybridized carbons (Fsp3) is 0.600. The van der Waals surface area contributed by atoms with E-state index in [4.69, 9.17) is 4.74 Å². The maximum atomic E-state index is 11.9. The van der Waals surface area contributed by atoms with Crippen molar-refractivity contribution in [3.05, 3.63) is 16.1 Å². The summed E-state index contributed by atoms with van der Waals surface area (Å²) in [5.41, 5.74) is 2.46. The Morgan fingerprint density at radius 3 is 3.00 bits per heavy atom. The summed E-state index contributed by atoms with van der Waals surface area (Å²) >= 11 is 4.72. The largest absolute Gasteiger partial charge is 0.383 e. The van der Waals surface area contributed by atoms with Gasteiger partial charge in [-0.2, -0.15) is 0 Å². The molecule has 0 aliphatic heterocycles. The second-order valence-corrected chi connectivity index (χ2v) is 5.02. The van der Waals surface area contributed by atoms with Crippen LogP contribution in [0.5, 0.6) is 0 Å². The van der Waals surface area contributed by atoms with E-state index < -0.39 is 0 Å². The van der Waals surface area contributed by atoms with Gasteiger partial charge in [0.2, 0.25) is 0 Å². The number of hydrogen-bond donors (Lipinski definition) is 1. The van der Waals surface area contributed by atoms with Crippen LogP contribution in [0.15, 0.2) is 5.51 Å². The van der Waals surface area contributed by atoms with E-state index in [2.05, 4.69) is 26.2 Å². The topological polar surface area (TPSA) is 51.2 Å². The van der Waals surface area contributed by atoms with Crippen molar-refractivity contribution in [1.29, 1.82) is 0 Å². The highest BCUT2D eigenvalue weighted by Gasteiger charge is 2.16. The molecule has 0 saturated carbocycles. The Labute approximate surface area is 108 Å². The molecule has 0 radical (unpaired) electrons. The molecular weight excluding hydrogens is 292 g/mol. The summed E-state index contributed by atoms with van der Waals surface area (Å²) in [7, 11) is 1.63. The number of amides is 1. The molecule has 0 aromatic carbocycles. The third-order valence-corrected chi connectivity index (χ3v) is 3.50. The number of aryl methyl sites for hydroxylation is 1. The first-order valence-electron chi connectivity index (χ1n) is 4.95. The van der Waals surface area contributed by atoms with E-state index in [0.717, 1.165) is 17.4 Å². The van der Waals surface area contributed by atoms with E-state index in [1.54, 1.807) is 12.6 Å². The van der Waals surface area contributed by atoms with E-state index in [1.165, 1.54) is 11.3 Å². The van der Waals surface area contributed by atoms with Gasteiger partial charge < -0.3 is 10.1 Å². The Morgan fingerprint density at radius 1 is 1.75 bits per heavy atom. The lowest BCUT2D eigenvalue weighted by molar-refractivity contribution is 0.0898. The van der Waals surface area contributed by atoms with Crippen molar-refractivity contribution in [3.8, 4) is 0 Å². The Bertz CT molecular complexity index is 337. The standard InChI is InChI=1S/C10H15BrN2O2S/c1-7-9(16-6-12-7)10(14)13-8(3-4-11)5-15-2/h6,8H,3-5H2,1-2H3,(H,13,14). The van der Waals surface area contributed by atoms with Crippen LogP contribution in [0.2, 0.25) is 0 Å². The van der Waals surface area contributed by atoms with Crippen molar-refractivity contribution in [1.82, 2.24) is 10.3 Å². The number of hydrogen-bond acceptors (Lipinski definition) is 4. The predicted octanol–water partition coefficient (Wildman–Crippen LogP) is 1.98. The van der Waals surface area contributed by atoms with Crippen molar-refractivity contribution in [2.24, 2.45) is 0 Å². The number of halogens is 1. The first-order valence-corrected chi connectivity index (χ1v) is 6.95. The van der Waals surface area contributed by atoms with Crippen LogP contribution in [0.1, 0.15) is 21.8 Å². The fourth-order valence-electron chi connectivity index (χ4n) is 1.30. The van der Waals surface area contributed by atoms with Gasteiger partial charge in [0, 0.05) is 12.4 Å². The van der Waals surface area contributed by atoms with Crippen LogP contribution >= 0.6 is 27.3 Å². The smallest absolute Gasteiger partial charge is 0.263 e. The Morgan fingerprint density at radius 2 is 2.50 bits per heavy atom. The average Bonchev–Trinajstić information content (AvgIpc) is 2.65. The molecule has 1 unspecified atom stereocenters. The summed E-state index contributed by atoms with van der Waals surface area (Å²) in [5.74, 6) is -0.0667. The van der Waals surface area contributed by atoms with Gasteiger partial charge in [0.05, 0.1) is 23.9 Å². The molecule has 1 aromatic heterocycles. The third-order valence-electron chi connectivity index (χ3n) is 2.11. The molecule has 0 aliphatic carbocycles. The van der Waals surface area contributed by atoms with Gasteiger partial charge in [-0.25, -0.2) is 4.98 Å². The highest BCUT2D eigenvalue weighted by Crippen LogP contribution is 2.12. The Hall–Kier alpha value is -0.460. The Kier molecular flexibility index (Phi) is 5.94. The van der Waals surface area contributed by atoms with E-state index in [1.807, 2.05) is 6.92 Å². The van der Waals surface area contributed by atoms with Gasteiger partial charge in [0.25, 0.3) is 5.91 Å². The molecule has 0 saturated heterocycles. The average molecular weight is 307 g/mol. The number of methoxy groups -OCH3 is 1. The van der Waals surface area contributed by atoms with E-state index in [-0.39, 0.29) is 11.9 Å². The molecule has 4 nitrogen and oxygen atoms in total. The molecule has 1 amide bonds. The molecule has 0 aliphatic rings. The van der Waals surface area contributed by atoms with Crippen molar-refractivity contribution < 1.29 is 9.53 Å². The van der Waals surface area contributed by atoms with Gasteiger partial charge in [0.15, 0.2) is 0 Å². The molecule has 1 aromatic rings. The molecule has 1 atom stereocenters. The van der Waals surface area contributed by atoms with Crippen molar-refractivity contribution in [2.75, 3.05) is 19.0 Å². The zero-order chi connectivity index (χ0) is 12.0. The predicted molar refractivity (Wildman–Crippen MR) is 68.4 cm³/mol. The first kappa shape index (κ1) is 13.6. The zero-order valence-corrected chi connectivity index (χ0v) is 11.7. The number of ether oxygens (including phenoxy) is 1. The van der Waals surface area contributed by atoms with Crippen molar-refractivity contribution in [2.45, 2.75) is 19.4 Å². The SMILES string of the molecule is COCC(CCBr)NC(=O)c1scnc1C. The molecule has 90 valence electrons. The van der Waals surface area contributed by atoms with Crippen LogP contribution < -0.4 is 5.32 Å². The normalized spacial score (nSPS) is 12.4. The maximum Gasteiger partial charge on any atom is 0.263 e. The number of nitrogens with one attached hydrogen (secondary N) is 1. The van der Waals surface area contributed by atoms with Gasteiger partial charge in [-0.3, -0.25) is 4.79 Å². The number of alkyl halides is 1. The number of carbonyl (C=O) groups excluding carboxylic acids is 1. The second kappa shape index (κ2) is 6.98. The van der Waals surface area contributed by atoms with Gasteiger partial charge in [-0.05, 0) is 13.3 Å². The second-order valence-electron chi connectivity index (χ2n) is 3.37. The quantitative estimate of drug-likeness (QED) is 0.818. The summed E-state index contributed by atoms with van der Waals surface area (Å²) in [4.78, 5) is 16.6. The van der Waals surface area contributed by atoms with Crippen LogP contribution in [-0.4, -0.2) is 36.0 Å². The monoisotopic (exact) mass is 306 g/mol. The number of carbonyl (C=O) groups is 1. The molecular formula is C10H15BrN2O2S. The van der Waals surface area contributed by atoms with Crippen LogP contribution in [0, 0.1) is 6.92 Å². The molecule has 0 spiro atoms. The van der Waals surface area contributed by atoms with Crippen LogP contribution in [0.25, 0.3) is 0 Å². The van der Waals surface area contributed by atoms with Crippen molar-refractivity contribution >= 4 is 33.2 Å². The first-order chi connectivity index (χ1) is 7.69. The molecule has 1 rings (SSSR count). The van der Waals surface area contributed by atoms with E-state index in [0.29, 0.717) is 11.5 Å². The van der Waals surface area contributed by atoms with Gasteiger partial charge >= 0.3 is 0 Å². The van der Waals surface area contributed by atoms with E-state index in [9.17, 15) is 4.79 Å². The van der Waals surface area contributed by atoms with E-state index >= 15 is 0 Å². The van der Waals surface area contributed by atoms with Gasteiger partial charge in [0.1, 0.15) is 4.88 Å². The highest BCUT2D eigenvalue weighted by atomic mass is 79.9. The molecule has 16 heavy (non-hydrogen) atoms. The minimum atomic E-state index is -0.0667. The lowest BCUT2D eigenvalue weighted by atomic mass is 10.2. The van der Waals surface area contributed by atoms with Crippen LogP contribution in [0.3, 0.4) is 0 Å².